The molecule has 0 aromatic heterocycles. The smallest absolute Gasteiger partial charge is 0.166 e. The van der Waals surface area contributed by atoms with Crippen LogP contribution in [0.15, 0.2) is 24.3 Å². The number of hydrogen-bond donors (Lipinski definition) is 0. The molecule has 1 saturated heterocycles. The van der Waals surface area contributed by atoms with Crippen LogP contribution in [0.1, 0.15) is 42.4 Å². The molecule has 0 radical (unpaired) electrons. The average molecular weight is 352 g/mol. The van der Waals surface area contributed by atoms with Gasteiger partial charge in [-0.3, -0.25) is 0 Å². The first-order valence-electron chi connectivity index (χ1n) is 7.30. The van der Waals surface area contributed by atoms with Gasteiger partial charge >= 0.3 is 12.4 Å². The maximum Gasteiger partial charge on any atom is 0.417 e. The fourth-order valence-electron chi connectivity index (χ4n) is 3.30. The summed E-state index contributed by atoms with van der Waals surface area (Å²) >= 11 is 1.66. The first-order valence-corrected chi connectivity index (χ1v) is 8.24. The van der Waals surface area contributed by atoms with E-state index in [1.54, 1.807) is 17.8 Å². The monoisotopic (exact) mass is 352 g/mol. The first-order chi connectivity index (χ1) is 10.7. The summed E-state index contributed by atoms with van der Waals surface area (Å²) in [5, 5.41) is 0.121. The number of thioether (sulfide) groups is 1. The average Bonchev–Trinajstić information content (AvgIpc) is 2.44. The second kappa shape index (κ2) is 5.76. The van der Waals surface area contributed by atoms with Crippen LogP contribution in [0.3, 0.4) is 0 Å². The minimum atomic E-state index is -4.81. The van der Waals surface area contributed by atoms with Crippen molar-refractivity contribution in [2.75, 3.05) is 0 Å². The summed E-state index contributed by atoms with van der Waals surface area (Å²) in [4.78, 5) is 0. The highest BCUT2D eigenvalue weighted by Crippen LogP contribution is 2.48. The zero-order valence-electron chi connectivity index (χ0n) is 12.0. The summed E-state index contributed by atoms with van der Waals surface area (Å²) in [6.07, 6.45) is -5.13. The Morgan fingerprint density at radius 1 is 0.913 bits per heavy atom. The lowest BCUT2D eigenvalue weighted by atomic mass is 9.87. The molecule has 0 saturated carbocycles. The molecule has 2 heterocycles. The van der Waals surface area contributed by atoms with Crippen LogP contribution in [-0.4, -0.2) is 10.5 Å². The number of hydrogen-bond acceptors (Lipinski definition) is 1. The fraction of sp³-hybridized carbons (Fsp3) is 0.500. The highest BCUT2D eigenvalue weighted by atomic mass is 32.2. The zero-order valence-corrected chi connectivity index (χ0v) is 12.8. The Labute approximate surface area is 133 Å². The van der Waals surface area contributed by atoms with E-state index in [1.807, 2.05) is 0 Å². The SMILES string of the molecule is FC(F)(F)c1cccc(C(F)(F)F)c1C1=CC2CCCC(C1)S2. The summed E-state index contributed by atoms with van der Waals surface area (Å²) in [7, 11) is 0. The standard InChI is InChI=1S/C16H14F6S/c17-15(18,19)12-5-2-6-13(16(20,21)22)14(12)9-7-10-3-1-4-11(8-9)23-10/h2,5-7,10-11H,1,3-4,8H2. The molecular formula is C16H14F6S. The minimum Gasteiger partial charge on any atom is -0.166 e. The second-order valence-corrected chi connectivity index (χ2v) is 7.39. The Hall–Kier alpha value is -1.11. The topological polar surface area (TPSA) is 0 Å². The summed E-state index contributed by atoms with van der Waals surface area (Å²) in [5.41, 5.74) is -2.87. The van der Waals surface area contributed by atoms with Crippen LogP contribution in [0.5, 0.6) is 0 Å². The second-order valence-electron chi connectivity index (χ2n) is 5.85. The molecule has 126 valence electrons. The summed E-state index contributed by atoms with van der Waals surface area (Å²) in [6, 6.07) is 2.31. The Balaban J connectivity index is 2.18. The third-order valence-electron chi connectivity index (χ3n) is 4.21. The number of fused-ring (bicyclic) bond motifs is 2. The van der Waals surface area contributed by atoms with Crippen LogP contribution >= 0.6 is 11.8 Å². The first kappa shape index (κ1) is 16.7. The molecule has 2 atom stereocenters. The zero-order chi connectivity index (χ0) is 16.8. The van der Waals surface area contributed by atoms with Crippen molar-refractivity contribution in [1.29, 1.82) is 0 Å². The van der Waals surface area contributed by atoms with Crippen molar-refractivity contribution in [2.45, 2.75) is 48.5 Å². The van der Waals surface area contributed by atoms with E-state index in [4.69, 9.17) is 0 Å². The summed E-state index contributed by atoms with van der Waals surface area (Å²) < 4.78 is 79.6. The molecule has 1 fully saturated rings. The number of benzene rings is 1. The van der Waals surface area contributed by atoms with Gasteiger partial charge in [0.1, 0.15) is 0 Å². The van der Waals surface area contributed by atoms with E-state index in [0.717, 1.165) is 37.5 Å². The van der Waals surface area contributed by atoms with Gasteiger partial charge in [0.15, 0.2) is 0 Å². The fourth-order valence-corrected chi connectivity index (χ4v) is 4.92. The van der Waals surface area contributed by atoms with Gasteiger partial charge in [0, 0.05) is 16.1 Å². The molecule has 2 bridgehead atoms. The molecule has 3 rings (SSSR count). The Bertz CT molecular complexity index is 596. The van der Waals surface area contributed by atoms with Gasteiger partial charge in [-0.05, 0) is 37.0 Å². The Morgan fingerprint density at radius 3 is 2.04 bits per heavy atom. The van der Waals surface area contributed by atoms with Gasteiger partial charge < -0.3 is 0 Å². The van der Waals surface area contributed by atoms with E-state index in [1.165, 1.54) is 0 Å². The largest absolute Gasteiger partial charge is 0.417 e. The van der Waals surface area contributed by atoms with Crippen LogP contribution in [0, 0.1) is 0 Å². The summed E-state index contributed by atoms with van der Waals surface area (Å²) in [6.45, 7) is 0. The molecule has 2 aliphatic heterocycles. The quantitative estimate of drug-likeness (QED) is 0.545. The highest BCUT2D eigenvalue weighted by molar-refractivity contribution is 8.00. The van der Waals surface area contributed by atoms with E-state index < -0.39 is 29.0 Å². The predicted octanol–water partition coefficient (Wildman–Crippen LogP) is 6.17. The molecule has 1 aromatic rings. The van der Waals surface area contributed by atoms with Gasteiger partial charge in [0.2, 0.25) is 0 Å². The molecular weight excluding hydrogens is 338 g/mol. The lowest BCUT2D eigenvalue weighted by Crippen LogP contribution is -2.24. The normalized spacial score (nSPS) is 25.2. The van der Waals surface area contributed by atoms with Crippen molar-refractivity contribution in [3.05, 3.63) is 41.0 Å². The lowest BCUT2D eigenvalue weighted by Gasteiger charge is -2.34. The molecule has 1 aromatic carbocycles. The molecule has 0 nitrogen and oxygen atoms in total. The molecule has 2 unspecified atom stereocenters. The van der Waals surface area contributed by atoms with Gasteiger partial charge in [-0.1, -0.05) is 18.6 Å². The highest BCUT2D eigenvalue weighted by Gasteiger charge is 2.42. The van der Waals surface area contributed by atoms with Crippen molar-refractivity contribution in [3.8, 4) is 0 Å². The molecule has 0 spiro atoms. The van der Waals surface area contributed by atoms with Gasteiger partial charge in [-0.2, -0.15) is 38.1 Å². The Morgan fingerprint density at radius 2 is 1.52 bits per heavy atom. The number of allylic oxidation sites excluding steroid dienone is 1. The lowest BCUT2D eigenvalue weighted by molar-refractivity contribution is -0.143. The molecule has 7 heteroatoms. The van der Waals surface area contributed by atoms with E-state index in [0.29, 0.717) is 0 Å². The van der Waals surface area contributed by atoms with Crippen molar-refractivity contribution in [3.63, 3.8) is 0 Å². The van der Waals surface area contributed by atoms with Crippen LogP contribution in [-0.2, 0) is 12.4 Å². The maximum atomic E-state index is 13.3. The Kier molecular flexibility index (Phi) is 4.19. The minimum absolute atomic E-state index is 0.0138. The number of halogens is 6. The molecule has 0 amide bonds. The number of rotatable bonds is 1. The van der Waals surface area contributed by atoms with Crippen LogP contribution in [0.25, 0.3) is 5.57 Å². The van der Waals surface area contributed by atoms with Crippen molar-refractivity contribution < 1.29 is 26.3 Å². The van der Waals surface area contributed by atoms with Gasteiger partial charge in [-0.15, -0.1) is 0 Å². The molecule has 0 N–H and O–H groups in total. The number of alkyl halides is 6. The van der Waals surface area contributed by atoms with Crippen molar-refractivity contribution >= 4 is 17.3 Å². The van der Waals surface area contributed by atoms with Gasteiger partial charge in [-0.25, -0.2) is 0 Å². The third-order valence-corrected chi connectivity index (χ3v) is 5.72. The van der Waals surface area contributed by atoms with E-state index in [9.17, 15) is 26.3 Å². The van der Waals surface area contributed by atoms with E-state index in [-0.39, 0.29) is 22.5 Å². The summed E-state index contributed by atoms with van der Waals surface area (Å²) in [5.74, 6) is 0. The van der Waals surface area contributed by atoms with Crippen molar-refractivity contribution in [2.24, 2.45) is 0 Å². The van der Waals surface area contributed by atoms with Gasteiger partial charge in [0.25, 0.3) is 0 Å². The molecule has 2 aliphatic rings. The predicted molar refractivity (Wildman–Crippen MR) is 78.1 cm³/mol. The molecule has 23 heavy (non-hydrogen) atoms. The van der Waals surface area contributed by atoms with Crippen LogP contribution in [0.2, 0.25) is 0 Å². The van der Waals surface area contributed by atoms with Crippen LogP contribution in [0.4, 0.5) is 26.3 Å². The van der Waals surface area contributed by atoms with Crippen LogP contribution < -0.4 is 0 Å². The van der Waals surface area contributed by atoms with E-state index in [2.05, 4.69) is 0 Å². The van der Waals surface area contributed by atoms with E-state index >= 15 is 0 Å². The van der Waals surface area contributed by atoms with Gasteiger partial charge in [0.05, 0.1) is 11.1 Å². The third kappa shape index (κ3) is 3.39. The molecule has 0 aliphatic carbocycles. The van der Waals surface area contributed by atoms with Crippen molar-refractivity contribution in [1.82, 2.24) is 0 Å². The maximum absolute atomic E-state index is 13.3.